The molecule has 5 heteroatoms. The fourth-order valence-corrected chi connectivity index (χ4v) is 1.83. The zero-order chi connectivity index (χ0) is 15.2. The number of hydrogen-bond acceptors (Lipinski definition) is 5. The van der Waals surface area contributed by atoms with Crippen LogP contribution in [0.3, 0.4) is 0 Å². The number of carbonyl (C=O) groups is 1. The van der Waals surface area contributed by atoms with E-state index in [-0.39, 0.29) is 0 Å². The third-order valence-corrected chi connectivity index (χ3v) is 2.96. The van der Waals surface area contributed by atoms with Gasteiger partial charge in [-0.1, -0.05) is 12.1 Å². The van der Waals surface area contributed by atoms with Crippen molar-refractivity contribution in [2.75, 3.05) is 20.0 Å². The third-order valence-electron chi connectivity index (χ3n) is 2.96. The maximum Gasteiger partial charge on any atom is 0.337 e. The van der Waals surface area contributed by atoms with E-state index in [1.807, 2.05) is 24.3 Å². The Morgan fingerprint density at radius 2 is 1.95 bits per heavy atom. The molecule has 0 aliphatic carbocycles. The summed E-state index contributed by atoms with van der Waals surface area (Å²) in [6.07, 6.45) is 0. The first-order valence-electron chi connectivity index (χ1n) is 6.37. The molecule has 0 amide bonds. The fourth-order valence-electron chi connectivity index (χ4n) is 1.83. The number of benzene rings is 2. The lowest BCUT2D eigenvalue weighted by atomic mass is 10.2. The van der Waals surface area contributed by atoms with Crippen LogP contribution in [0.5, 0.6) is 11.5 Å². The molecule has 0 aliphatic rings. The van der Waals surface area contributed by atoms with Gasteiger partial charge < -0.3 is 19.9 Å². The number of esters is 1. The summed E-state index contributed by atoms with van der Waals surface area (Å²) >= 11 is 0. The van der Waals surface area contributed by atoms with E-state index in [1.54, 1.807) is 25.3 Å². The minimum Gasteiger partial charge on any atom is -0.497 e. The average Bonchev–Trinajstić information content (AvgIpc) is 2.53. The van der Waals surface area contributed by atoms with Gasteiger partial charge in [0.1, 0.15) is 18.1 Å². The van der Waals surface area contributed by atoms with Crippen molar-refractivity contribution in [3.05, 3.63) is 53.6 Å². The number of methoxy groups -OCH3 is 2. The van der Waals surface area contributed by atoms with Crippen LogP contribution in [0.25, 0.3) is 0 Å². The normalized spacial score (nSPS) is 10.0. The molecule has 0 aromatic heterocycles. The molecule has 110 valence electrons. The zero-order valence-corrected chi connectivity index (χ0v) is 12.0. The van der Waals surface area contributed by atoms with Crippen molar-refractivity contribution in [2.24, 2.45) is 0 Å². The summed E-state index contributed by atoms with van der Waals surface area (Å²) in [7, 11) is 2.94. The number of carbonyl (C=O) groups excluding carboxylic acids is 1. The molecule has 0 bridgehead atoms. The molecule has 0 radical (unpaired) electrons. The smallest absolute Gasteiger partial charge is 0.337 e. The van der Waals surface area contributed by atoms with Crippen molar-refractivity contribution < 1.29 is 19.0 Å². The van der Waals surface area contributed by atoms with E-state index in [9.17, 15) is 4.79 Å². The summed E-state index contributed by atoms with van der Waals surface area (Å²) in [6.45, 7) is 0.325. The van der Waals surface area contributed by atoms with Crippen LogP contribution in [0.1, 0.15) is 15.9 Å². The Morgan fingerprint density at radius 1 is 1.14 bits per heavy atom. The number of anilines is 1. The van der Waals surface area contributed by atoms with Crippen molar-refractivity contribution in [1.82, 2.24) is 0 Å². The highest BCUT2D eigenvalue weighted by Crippen LogP contribution is 2.24. The van der Waals surface area contributed by atoms with Crippen molar-refractivity contribution in [1.29, 1.82) is 0 Å². The average molecular weight is 287 g/mol. The quantitative estimate of drug-likeness (QED) is 0.676. The summed E-state index contributed by atoms with van der Waals surface area (Å²) in [4.78, 5) is 11.5. The maximum absolute atomic E-state index is 11.5. The molecular weight excluding hydrogens is 270 g/mol. The summed E-state index contributed by atoms with van der Waals surface area (Å²) in [5, 5.41) is 0. The summed E-state index contributed by atoms with van der Waals surface area (Å²) < 4.78 is 15.5. The molecule has 2 aromatic rings. The zero-order valence-electron chi connectivity index (χ0n) is 12.0. The van der Waals surface area contributed by atoms with E-state index in [2.05, 4.69) is 4.74 Å². The van der Waals surface area contributed by atoms with E-state index in [0.717, 1.165) is 11.3 Å². The molecule has 2 N–H and O–H groups in total. The van der Waals surface area contributed by atoms with E-state index < -0.39 is 5.97 Å². The van der Waals surface area contributed by atoms with Gasteiger partial charge in [-0.25, -0.2) is 4.79 Å². The predicted octanol–water partition coefficient (Wildman–Crippen LogP) is 2.64. The molecule has 2 aromatic carbocycles. The Bertz CT molecular complexity index is 640. The summed E-state index contributed by atoms with van der Waals surface area (Å²) in [5.41, 5.74) is 7.65. The summed E-state index contributed by atoms with van der Waals surface area (Å²) in [5.74, 6) is 0.773. The van der Waals surface area contributed by atoms with Gasteiger partial charge in [0, 0.05) is 0 Å². The fraction of sp³-hybridized carbons (Fsp3) is 0.188. The van der Waals surface area contributed by atoms with Gasteiger partial charge in [-0.15, -0.1) is 0 Å². The van der Waals surface area contributed by atoms with Crippen LogP contribution in [0.4, 0.5) is 5.69 Å². The van der Waals surface area contributed by atoms with Crippen LogP contribution in [0.15, 0.2) is 42.5 Å². The first-order valence-corrected chi connectivity index (χ1v) is 6.37. The van der Waals surface area contributed by atoms with Gasteiger partial charge in [0.25, 0.3) is 0 Å². The molecule has 0 aliphatic heterocycles. The van der Waals surface area contributed by atoms with Crippen molar-refractivity contribution in [3.63, 3.8) is 0 Å². The highest BCUT2D eigenvalue weighted by atomic mass is 16.5. The van der Waals surface area contributed by atoms with Gasteiger partial charge >= 0.3 is 5.97 Å². The van der Waals surface area contributed by atoms with Gasteiger partial charge in [-0.3, -0.25) is 0 Å². The van der Waals surface area contributed by atoms with Crippen molar-refractivity contribution in [2.45, 2.75) is 6.61 Å². The number of nitrogen functional groups attached to an aromatic ring is 1. The lowest BCUT2D eigenvalue weighted by molar-refractivity contribution is 0.0600. The van der Waals surface area contributed by atoms with Crippen LogP contribution >= 0.6 is 0 Å². The van der Waals surface area contributed by atoms with Gasteiger partial charge in [-0.05, 0) is 35.9 Å². The molecule has 2 rings (SSSR count). The Hall–Kier alpha value is -2.69. The van der Waals surface area contributed by atoms with E-state index in [4.69, 9.17) is 15.2 Å². The van der Waals surface area contributed by atoms with Crippen LogP contribution < -0.4 is 15.2 Å². The Morgan fingerprint density at radius 3 is 2.67 bits per heavy atom. The second kappa shape index (κ2) is 6.65. The van der Waals surface area contributed by atoms with Gasteiger partial charge in [0.15, 0.2) is 0 Å². The molecular formula is C16H17NO4. The maximum atomic E-state index is 11.5. The second-order valence-electron chi connectivity index (χ2n) is 4.38. The lowest BCUT2D eigenvalue weighted by Gasteiger charge is -2.11. The standard InChI is InChI=1S/C16H17NO4/c1-19-13-5-3-4-11(8-13)10-21-15-9-12(16(18)20-2)6-7-14(15)17/h3-9H,10,17H2,1-2H3. The van der Waals surface area contributed by atoms with Crippen LogP contribution in [0.2, 0.25) is 0 Å². The first-order chi connectivity index (χ1) is 10.1. The molecule has 0 unspecified atom stereocenters. The Balaban J connectivity index is 2.13. The molecule has 0 spiro atoms. The van der Waals surface area contributed by atoms with E-state index in [0.29, 0.717) is 23.6 Å². The Labute approximate surface area is 123 Å². The molecule has 0 atom stereocenters. The molecule has 0 saturated carbocycles. The van der Waals surface area contributed by atoms with Gasteiger partial charge in [0.2, 0.25) is 0 Å². The van der Waals surface area contributed by atoms with Crippen LogP contribution in [0, 0.1) is 0 Å². The molecule has 0 saturated heterocycles. The molecule has 21 heavy (non-hydrogen) atoms. The second-order valence-corrected chi connectivity index (χ2v) is 4.38. The Kier molecular flexibility index (Phi) is 4.66. The van der Waals surface area contributed by atoms with Crippen LogP contribution in [-0.4, -0.2) is 20.2 Å². The minimum absolute atomic E-state index is 0.325. The SMILES string of the molecule is COC(=O)c1ccc(N)c(OCc2cccc(OC)c2)c1. The van der Waals surface area contributed by atoms with E-state index >= 15 is 0 Å². The largest absolute Gasteiger partial charge is 0.497 e. The molecule has 0 heterocycles. The first kappa shape index (κ1) is 14.7. The van der Waals surface area contributed by atoms with Gasteiger partial charge in [0.05, 0.1) is 25.5 Å². The van der Waals surface area contributed by atoms with Crippen LogP contribution in [-0.2, 0) is 11.3 Å². The highest BCUT2D eigenvalue weighted by Gasteiger charge is 2.09. The number of ether oxygens (including phenoxy) is 3. The lowest BCUT2D eigenvalue weighted by Crippen LogP contribution is -2.04. The predicted molar refractivity (Wildman–Crippen MR) is 79.5 cm³/mol. The third kappa shape index (κ3) is 3.66. The van der Waals surface area contributed by atoms with Crippen molar-refractivity contribution in [3.8, 4) is 11.5 Å². The monoisotopic (exact) mass is 287 g/mol. The minimum atomic E-state index is -0.429. The molecule has 0 fully saturated rings. The summed E-state index contributed by atoms with van der Waals surface area (Å²) in [6, 6.07) is 12.3. The topological polar surface area (TPSA) is 70.8 Å². The highest BCUT2D eigenvalue weighted by molar-refractivity contribution is 5.90. The van der Waals surface area contributed by atoms with E-state index in [1.165, 1.54) is 7.11 Å². The number of nitrogens with two attached hydrogens (primary N) is 1. The van der Waals surface area contributed by atoms with Crippen molar-refractivity contribution >= 4 is 11.7 Å². The van der Waals surface area contributed by atoms with Gasteiger partial charge in [-0.2, -0.15) is 0 Å². The number of rotatable bonds is 5. The number of hydrogen-bond donors (Lipinski definition) is 1. The molecule has 5 nitrogen and oxygen atoms in total.